The molecule has 0 radical (unpaired) electrons. The Morgan fingerprint density at radius 2 is 1.81 bits per heavy atom. The van der Waals surface area contributed by atoms with Crippen molar-refractivity contribution >= 4 is 17.2 Å². The summed E-state index contributed by atoms with van der Waals surface area (Å²) in [6.45, 7) is 2.46. The highest BCUT2D eigenvalue weighted by atomic mass is 32.1. The summed E-state index contributed by atoms with van der Waals surface area (Å²) >= 11 is 1.72. The molecule has 0 aliphatic carbocycles. The molecule has 3 aromatic rings. The molecule has 1 aromatic heterocycles. The van der Waals surface area contributed by atoms with Gasteiger partial charge >= 0.3 is 0 Å². The van der Waals surface area contributed by atoms with Crippen LogP contribution in [-0.2, 0) is 11.3 Å². The van der Waals surface area contributed by atoms with Crippen molar-refractivity contribution in [3.63, 3.8) is 0 Å². The van der Waals surface area contributed by atoms with E-state index in [-0.39, 0.29) is 18.0 Å². The Bertz CT molecular complexity index is 833. The number of methoxy groups -OCH3 is 1. The van der Waals surface area contributed by atoms with E-state index >= 15 is 0 Å². The Morgan fingerprint density at radius 3 is 2.44 bits per heavy atom. The highest BCUT2D eigenvalue weighted by Gasteiger charge is 2.25. The van der Waals surface area contributed by atoms with Crippen LogP contribution in [0.1, 0.15) is 29.0 Å². The second-order valence-electron chi connectivity index (χ2n) is 6.45. The maximum atomic E-state index is 12.6. The van der Waals surface area contributed by atoms with Gasteiger partial charge in [-0.2, -0.15) is 0 Å². The molecule has 0 fully saturated rings. The summed E-state index contributed by atoms with van der Waals surface area (Å²) in [5.41, 5.74) is 2.25. The van der Waals surface area contributed by atoms with E-state index in [1.54, 1.807) is 18.4 Å². The van der Waals surface area contributed by atoms with Gasteiger partial charge < -0.3 is 15.4 Å². The van der Waals surface area contributed by atoms with Crippen molar-refractivity contribution in [3.05, 3.63) is 88.1 Å². The molecule has 0 spiro atoms. The monoisotopic (exact) mass is 381 g/mol. The minimum absolute atomic E-state index is 0.0308. The number of benzene rings is 2. The number of hydrogen-bond acceptors (Lipinski definition) is 3. The number of thiophene rings is 1. The molecule has 2 atom stereocenters. The smallest absolute Gasteiger partial charge is 0.278 e. The normalized spacial score (nSPS) is 13.0. The molecule has 4 nitrogen and oxygen atoms in total. The van der Waals surface area contributed by atoms with E-state index in [1.807, 2.05) is 49.4 Å². The molecule has 0 aliphatic heterocycles. The fourth-order valence-electron chi connectivity index (χ4n) is 2.97. The van der Waals surface area contributed by atoms with Crippen LogP contribution in [0.5, 0.6) is 5.75 Å². The van der Waals surface area contributed by atoms with Gasteiger partial charge in [0.05, 0.1) is 12.0 Å². The Balaban J connectivity index is 1.62. The first-order valence-electron chi connectivity index (χ1n) is 9.01. The Kier molecular flexibility index (Phi) is 6.63. The lowest BCUT2D eigenvalue weighted by Gasteiger charge is -2.19. The fraction of sp³-hybridized carbons (Fsp3) is 0.227. The van der Waals surface area contributed by atoms with E-state index in [0.717, 1.165) is 11.3 Å². The van der Waals surface area contributed by atoms with Crippen molar-refractivity contribution in [1.82, 2.24) is 5.32 Å². The summed E-state index contributed by atoms with van der Waals surface area (Å²) in [6.07, 6.45) is 0. The number of quaternary nitrogens is 1. The molecule has 0 aliphatic rings. The van der Waals surface area contributed by atoms with E-state index in [1.165, 1.54) is 10.4 Å². The van der Waals surface area contributed by atoms with Crippen molar-refractivity contribution in [2.75, 3.05) is 7.11 Å². The number of amides is 1. The van der Waals surface area contributed by atoms with Gasteiger partial charge in [0, 0.05) is 12.1 Å². The number of nitrogens with one attached hydrogen (secondary N) is 1. The third kappa shape index (κ3) is 5.18. The van der Waals surface area contributed by atoms with Crippen molar-refractivity contribution in [3.8, 4) is 5.75 Å². The summed E-state index contributed by atoms with van der Waals surface area (Å²) < 4.78 is 5.16. The number of ether oxygens (including phenoxy) is 1. The number of carbonyl (C=O) groups is 1. The first kappa shape index (κ1) is 19.1. The maximum Gasteiger partial charge on any atom is 0.278 e. The number of carbonyl (C=O) groups excluding carboxylic acids is 1. The molecule has 0 bridgehead atoms. The van der Waals surface area contributed by atoms with E-state index in [9.17, 15) is 4.79 Å². The molecule has 5 heteroatoms. The number of rotatable bonds is 8. The van der Waals surface area contributed by atoms with Crippen LogP contribution in [0.25, 0.3) is 0 Å². The van der Waals surface area contributed by atoms with Crippen molar-refractivity contribution in [1.29, 1.82) is 0 Å². The van der Waals surface area contributed by atoms with E-state index in [2.05, 4.69) is 40.3 Å². The topological polar surface area (TPSA) is 54.9 Å². The molecule has 0 saturated carbocycles. The third-order valence-corrected chi connectivity index (χ3v) is 5.48. The summed E-state index contributed by atoms with van der Waals surface area (Å²) in [6, 6.07) is 22.2. The predicted octanol–water partition coefficient (Wildman–Crippen LogP) is 3.11. The molecule has 1 heterocycles. The lowest BCUT2D eigenvalue weighted by atomic mass is 10.0. The highest BCUT2D eigenvalue weighted by molar-refractivity contribution is 7.10. The zero-order chi connectivity index (χ0) is 19.1. The van der Waals surface area contributed by atoms with E-state index < -0.39 is 0 Å². The average Bonchev–Trinajstić information content (AvgIpc) is 3.25. The maximum absolute atomic E-state index is 12.6. The van der Waals surface area contributed by atoms with E-state index in [4.69, 9.17) is 4.74 Å². The first-order valence-corrected chi connectivity index (χ1v) is 9.89. The van der Waals surface area contributed by atoms with Gasteiger partial charge in [-0.05, 0) is 36.1 Å². The molecular weight excluding hydrogens is 356 g/mol. The quantitative estimate of drug-likeness (QED) is 0.630. The lowest BCUT2D eigenvalue weighted by molar-refractivity contribution is -0.704. The molecule has 0 saturated heterocycles. The molecule has 3 N–H and O–H groups in total. The van der Waals surface area contributed by atoms with Crippen molar-refractivity contribution < 1.29 is 14.8 Å². The SMILES string of the molecule is COc1ccc(CNC(=O)[C@H](C)[NH2+][C@@H](c2ccccc2)c2cccs2)cc1. The number of hydrogen-bond donors (Lipinski definition) is 2. The summed E-state index contributed by atoms with van der Waals surface area (Å²) in [7, 11) is 1.64. The molecule has 140 valence electrons. The van der Waals surface area contributed by atoms with Crippen LogP contribution in [0, 0.1) is 0 Å². The average molecular weight is 382 g/mol. The van der Waals surface area contributed by atoms with E-state index in [0.29, 0.717) is 6.54 Å². The van der Waals surface area contributed by atoms with Gasteiger partial charge in [0.25, 0.3) is 5.91 Å². The zero-order valence-electron chi connectivity index (χ0n) is 15.6. The Morgan fingerprint density at radius 1 is 1.07 bits per heavy atom. The van der Waals surface area contributed by atoms with Gasteiger partial charge in [-0.15, -0.1) is 11.3 Å². The molecule has 27 heavy (non-hydrogen) atoms. The second-order valence-corrected chi connectivity index (χ2v) is 7.43. The number of nitrogens with two attached hydrogens (primary N) is 1. The predicted molar refractivity (Wildman–Crippen MR) is 109 cm³/mol. The van der Waals surface area contributed by atoms with Crippen LogP contribution < -0.4 is 15.4 Å². The largest absolute Gasteiger partial charge is 0.497 e. The molecule has 1 amide bonds. The molecule has 0 unspecified atom stereocenters. The highest BCUT2D eigenvalue weighted by Crippen LogP contribution is 2.22. The summed E-state index contributed by atoms with van der Waals surface area (Å²) in [5.74, 6) is 0.844. The lowest BCUT2D eigenvalue weighted by Crippen LogP contribution is -2.92. The van der Waals surface area contributed by atoms with Gasteiger partial charge in [-0.1, -0.05) is 48.5 Å². The first-order chi connectivity index (χ1) is 13.2. The van der Waals surface area contributed by atoms with Crippen LogP contribution in [0.3, 0.4) is 0 Å². The van der Waals surface area contributed by atoms with Gasteiger partial charge in [0.1, 0.15) is 11.8 Å². The third-order valence-electron chi connectivity index (χ3n) is 4.53. The fourth-order valence-corrected chi connectivity index (χ4v) is 3.80. The molecule has 3 rings (SSSR count). The Hall–Kier alpha value is -2.63. The van der Waals surface area contributed by atoms with Gasteiger partial charge in [-0.3, -0.25) is 4.79 Å². The van der Waals surface area contributed by atoms with Gasteiger partial charge in [0.15, 0.2) is 6.04 Å². The molecule has 2 aromatic carbocycles. The van der Waals surface area contributed by atoms with Crippen LogP contribution in [0.4, 0.5) is 0 Å². The standard InChI is InChI=1S/C22H24N2O2S/c1-16(22(25)23-15-17-10-12-19(26-2)13-11-17)24-21(20-9-6-14-27-20)18-7-4-3-5-8-18/h3-14,16,21,24H,15H2,1-2H3,(H,23,25)/p+1/t16-,21-/m0/s1. The minimum Gasteiger partial charge on any atom is -0.497 e. The minimum atomic E-state index is -0.199. The summed E-state index contributed by atoms with van der Waals surface area (Å²) in [4.78, 5) is 13.9. The van der Waals surface area contributed by atoms with Crippen LogP contribution in [-0.4, -0.2) is 19.1 Å². The van der Waals surface area contributed by atoms with Crippen molar-refractivity contribution in [2.24, 2.45) is 0 Å². The second kappa shape index (κ2) is 9.35. The molecular formula is C22H25N2O2S+. The van der Waals surface area contributed by atoms with Crippen LogP contribution in [0.2, 0.25) is 0 Å². The van der Waals surface area contributed by atoms with Crippen molar-refractivity contribution in [2.45, 2.75) is 25.6 Å². The van der Waals surface area contributed by atoms with Crippen LogP contribution >= 0.6 is 11.3 Å². The zero-order valence-corrected chi connectivity index (χ0v) is 16.4. The van der Waals surface area contributed by atoms with Gasteiger partial charge in [0.2, 0.25) is 0 Å². The Labute approximate surface area is 164 Å². The summed E-state index contributed by atoms with van der Waals surface area (Å²) in [5, 5.41) is 7.24. The van der Waals surface area contributed by atoms with Crippen LogP contribution in [0.15, 0.2) is 72.1 Å². The van der Waals surface area contributed by atoms with Gasteiger partial charge in [-0.25, -0.2) is 0 Å².